The second-order valence-corrected chi connectivity index (χ2v) is 6.09. The fourth-order valence-electron chi connectivity index (χ4n) is 2.55. The third-order valence-corrected chi connectivity index (χ3v) is 4.63. The molecule has 0 atom stereocenters. The van der Waals surface area contributed by atoms with Crippen molar-refractivity contribution < 1.29 is 4.79 Å². The van der Waals surface area contributed by atoms with Gasteiger partial charge in [0.05, 0.1) is 22.4 Å². The summed E-state index contributed by atoms with van der Waals surface area (Å²) in [6.07, 6.45) is 3.45. The summed E-state index contributed by atoms with van der Waals surface area (Å²) >= 11 is 7.28. The van der Waals surface area contributed by atoms with Crippen LogP contribution >= 0.6 is 23.3 Å². The summed E-state index contributed by atoms with van der Waals surface area (Å²) in [6.45, 7) is 0. The molecule has 3 N–H and O–H groups in total. The minimum atomic E-state index is -0.000648. The van der Waals surface area contributed by atoms with Gasteiger partial charge < -0.3 is 11.1 Å². The molecule has 1 aliphatic rings. The van der Waals surface area contributed by atoms with E-state index in [1.165, 1.54) is 0 Å². The minimum absolute atomic E-state index is 0.000648. The number of amides is 1. The lowest BCUT2D eigenvalue weighted by atomic mass is 9.86. The number of rotatable bonds is 2. The quantitative estimate of drug-likeness (QED) is 0.893. The van der Waals surface area contributed by atoms with Crippen LogP contribution in [0.15, 0.2) is 12.1 Å². The summed E-state index contributed by atoms with van der Waals surface area (Å²) in [5.74, 6) is 0.00650. The number of fused-ring (bicyclic) bond motifs is 1. The van der Waals surface area contributed by atoms with Gasteiger partial charge in [-0.05, 0) is 37.8 Å². The van der Waals surface area contributed by atoms with E-state index >= 15 is 0 Å². The Labute approximate surface area is 125 Å². The van der Waals surface area contributed by atoms with E-state index in [1.54, 1.807) is 12.1 Å². The maximum absolute atomic E-state index is 12.3. The van der Waals surface area contributed by atoms with Crippen molar-refractivity contribution in [2.45, 2.75) is 31.7 Å². The van der Waals surface area contributed by atoms with E-state index < -0.39 is 0 Å². The van der Waals surface area contributed by atoms with Gasteiger partial charge in [0, 0.05) is 12.0 Å². The molecule has 1 heterocycles. The monoisotopic (exact) mass is 310 g/mol. The van der Waals surface area contributed by atoms with Crippen LogP contribution in [0.3, 0.4) is 0 Å². The zero-order valence-electron chi connectivity index (χ0n) is 10.8. The third-order valence-electron chi connectivity index (χ3n) is 3.77. The molecule has 1 aliphatic carbocycles. The summed E-state index contributed by atoms with van der Waals surface area (Å²) in [5, 5.41) is 3.41. The van der Waals surface area contributed by atoms with Crippen molar-refractivity contribution in [2.24, 2.45) is 11.7 Å². The number of nitrogens with zero attached hydrogens (tertiary/aromatic N) is 2. The maximum Gasteiger partial charge on any atom is 0.227 e. The predicted molar refractivity (Wildman–Crippen MR) is 81.0 cm³/mol. The molecule has 2 aromatic rings. The molecule has 0 aliphatic heterocycles. The number of nitrogens with one attached hydrogen (secondary N) is 1. The van der Waals surface area contributed by atoms with E-state index in [9.17, 15) is 4.79 Å². The lowest BCUT2D eigenvalue weighted by Gasteiger charge is -2.25. The van der Waals surface area contributed by atoms with Crippen LogP contribution in [0.4, 0.5) is 5.69 Å². The molecule has 5 nitrogen and oxygen atoms in total. The molecule has 3 rings (SSSR count). The van der Waals surface area contributed by atoms with E-state index in [0.29, 0.717) is 16.2 Å². The van der Waals surface area contributed by atoms with Gasteiger partial charge in [0.2, 0.25) is 5.91 Å². The van der Waals surface area contributed by atoms with Crippen LogP contribution in [0.5, 0.6) is 0 Å². The highest BCUT2D eigenvalue weighted by molar-refractivity contribution is 7.00. The number of anilines is 1. The first-order valence-corrected chi connectivity index (χ1v) is 7.73. The van der Waals surface area contributed by atoms with E-state index in [0.717, 1.165) is 42.9 Å². The lowest BCUT2D eigenvalue weighted by Crippen LogP contribution is -2.32. The Morgan fingerprint density at radius 2 is 2.05 bits per heavy atom. The van der Waals surface area contributed by atoms with Crippen LogP contribution in [0.1, 0.15) is 25.7 Å². The van der Waals surface area contributed by atoms with Crippen LogP contribution in [0.2, 0.25) is 5.02 Å². The summed E-state index contributed by atoms with van der Waals surface area (Å²) in [4.78, 5) is 12.3. The summed E-state index contributed by atoms with van der Waals surface area (Å²) in [7, 11) is 0. The van der Waals surface area contributed by atoms with Gasteiger partial charge in [-0.15, -0.1) is 0 Å². The van der Waals surface area contributed by atoms with Gasteiger partial charge in [-0.25, -0.2) is 0 Å². The first-order chi connectivity index (χ1) is 9.65. The summed E-state index contributed by atoms with van der Waals surface area (Å²) in [5.41, 5.74) is 7.84. The molecule has 1 fully saturated rings. The number of benzene rings is 1. The van der Waals surface area contributed by atoms with E-state index in [1.807, 2.05) is 0 Å². The summed E-state index contributed by atoms with van der Waals surface area (Å²) in [6, 6.07) is 3.77. The highest BCUT2D eigenvalue weighted by Crippen LogP contribution is 2.31. The van der Waals surface area contributed by atoms with Crippen LogP contribution in [-0.4, -0.2) is 20.7 Å². The lowest BCUT2D eigenvalue weighted by molar-refractivity contribution is -0.120. The Bertz CT molecular complexity index is 636. The fraction of sp³-hybridized carbons (Fsp3) is 0.462. The fourth-order valence-corrected chi connectivity index (χ4v) is 3.29. The average molecular weight is 311 g/mol. The molecule has 0 unspecified atom stereocenters. The Morgan fingerprint density at radius 3 is 2.80 bits per heavy atom. The van der Waals surface area contributed by atoms with Gasteiger partial charge in [0.1, 0.15) is 11.0 Å². The van der Waals surface area contributed by atoms with Crippen molar-refractivity contribution in [3.05, 3.63) is 17.2 Å². The molecule has 106 valence electrons. The van der Waals surface area contributed by atoms with Crippen molar-refractivity contribution in [2.75, 3.05) is 5.32 Å². The number of nitrogens with two attached hydrogens (primary N) is 1. The van der Waals surface area contributed by atoms with Crippen LogP contribution < -0.4 is 11.1 Å². The van der Waals surface area contributed by atoms with Crippen molar-refractivity contribution in [3.63, 3.8) is 0 Å². The van der Waals surface area contributed by atoms with Crippen molar-refractivity contribution >= 4 is 46.0 Å². The zero-order chi connectivity index (χ0) is 14.1. The van der Waals surface area contributed by atoms with E-state index in [2.05, 4.69) is 14.1 Å². The predicted octanol–water partition coefficient (Wildman–Crippen LogP) is 2.80. The maximum atomic E-state index is 12.3. The van der Waals surface area contributed by atoms with Gasteiger partial charge in [-0.2, -0.15) is 8.75 Å². The second kappa shape index (κ2) is 5.63. The number of hydrogen-bond acceptors (Lipinski definition) is 5. The van der Waals surface area contributed by atoms with Crippen LogP contribution in [0.25, 0.3) is 11.0 Å². The van der Waals surface area contributed by atoms with E-state index in [4.69, 9.17) is 17.3 Å². The Balaban J connectivity index is 1.80. The SMILES string of the molecule is NC1CCC(C(=O)Nc2c(Cl)ccc3nsnc23)CC1. The standard InChI is InChI=1S/C13H15ClN4OS/c14-9-5-6-10-12(18-20-17-10)11(9)16-13(19)7-1-3-8(15)4-2-7/h5-8H,1-4,15H2,(H,16,19). The van der Waals surface area contributed by atoms with Crippen LogP contribution in [-0.2, 0) is 4.79 Å². The molecular formula is C13H15ClN4OS. The molecule has 1 saturated carbocycles. The van der Waals surface area contributed by atoms with Crippen molar-refractivity contribution in [1.82, 2.24) is 8.75 Å². The van der Waals surface area contributed by atoms with Gasteiger partial charge in [-0.1, -0.05) is 11.6 Å². The molecule has 0 saturated heterocycles. The first-order valence-electron chi connectivity index (χ1n) is 6.62. The number of aromatic nitrogens is 2. The molecule has 1 amide bonds. The molecule has 20 heavy (non-hydrogen) atoms. The molecule has 1 aromatic carbocycles. The van der Waals surface area contributed by atoms with E-state index in [-0.39, 0.29) is 17.9 Å². The summed E-state index contributed by atoms with van der Waals surface area (Å²) < 4.78 is 8.36. The minimum Gasteiger partial charge on any atom is -0.328 e. The number of hydrogen-bond donors (Lipinski definition) is 2. The number of carbonyl (C=O) groups is 1. The zero-order valence-corrected chi connectivity index (χ0v) is 12.4. The molecule has 0 spiro atoms. The number of halogens is 1. The second-order valence-electron chi connectivity index (χ2n) is 5.16. The third kappa shape index (κ3) is 2.63. The topological polar surface area (TPSA) is 80.9 Å². The Kier molecular flexibility index (Phi) is 3.87. The Morgan fingerprint density at radius 1 is 1.30 bits per heavy atom. The van der Waals surface area contributed by atoms with Crippen LogP contribution in [0, 0.1) is 5.92 Å². The largest absolute Gasteiger partial charge is 0.328 e. The number of carbonyl (C=O) groups excluding carboxylic acids is 1. The molecule has 7 heteroatoms. The Hall–Kier alpha value is -1.24. The van der Waals surface area contributed by atoms with Gasteiger partial charge >= 0.3 is 0 Å². The first kappa shape index (κ1) is 13.7. The molecule has 1 aromatic heterocycles. The van der Waals surface area contributed by atoms with Gasteiger partial charge in [0.25, 0.3) is 0 Å². The van der Waals surface area contributed by atoms with Crippen molar-refractivity contribution in [3.8, 4) is 0 Å². The molecular weight excluding hydrogens is 296 g/mol. The van der Waals surface area contributed by atoms with Crippen molar-refractivity contribution in [1.29, 1.82) is 0 Å². The normalized spacial score (nSPS) is 22.9. The molecule has 0 radical (unpaired) electrons. The van der Waals surface area contributed by atoms with Gasteiger partial charge in [0.15, 0.2) is 0 Å². The molecule has 0 bridgehead atoms. The smallest absolute Gasteiger partial charge is 0.227 e. The van der Waals surface area contributed by atoms with Gasteiger partial charge in [-0.3, -0.25) is 4.79 Å². The average Bonchev–Trinajstić information content (AvgIpc) is 2.91. The highest BCUT2D eigenvalue weighted by atomic mass is 35.5. The highest BCUT2D eigenvalue weighted by Gasteiger charge is 2.25.